The Morgan fingerprint density at radius 2 is 1.76 bits per heavy atom. The first-order valence-corrected chi connectivity index (χ1v) is 14.1. The average Bonchev–Trinajstić information content (AvgIpc) is 3.38. The van der Waals surface area contributed by atoms with Crippen molar-refractivity contribution in [2.24, 2.45) is 33.5 Å². The lowest BCUT2D eigenvalue weighted by atomic mass is 9.36. The van der Waals surface area contributed by atoms with Gasteiger partial charge in [0.25, 0.3) is 0 Å². The molecule has 0 unspecified atom stereocenters. The highest BCUT2D eigenvalue weighted by atomic mass is 16.6. The molecule has 0 radical (unpaired) electrons. The first-order valence-electron chi connectivity index (χ1n) is 14.1. The fourth-order valence-electron chi connectivity index (χ4n) is 10.2. The van der Waals surface area contributed by atoms with Crippen molar-refractivity contribution in [3.05, 3.63) is 72.2 Å². The van der Waals surface area contributed by atoms with Crippen LogP contribution in [0.5, 0.6) is 0 Å². The van der Waals surface area contributed by atoms with E-state index in [0.29, 0.717) is 6.61 Å². The second-order valence-electron chi connectivity index (χ2n) is 13.8. The molecule has 200 valence electrons. The molecule has 3 saturated carbocycles. The molecule has 1 aromatic carbocycles. The summed E-state index contributed by atoms with van der Waals surface area (Å²) in [5.74, 6) is 0.497. The van der Waals surface area contributed by atoms with Crippen molar-refractivity contribution in [1.29, 1.82) is 0 Å². The number of hydrogen-bond acceptors (Lipinski definition) is 5. The fraction of sp³-hybridized carbons (Fsp3) is 0.576. The lowest BCUT2D eigenvalue weighted by Crippen LogP contribution is -2.70. The topological polar surface area (TPSA) is 69.0 Å². The lowest BCUT2D eigenvalue weighted by Gasteiger charge is -2.68. The van der Waals surface area contributed by atoms with Crippen molar-refractivity contribution < 1.29 is 23.5 Å². The predicted molar refractivity (Wildman–Crippen MR) is 142 cm³/mol. The standard InChI is InChI=1S/C33H38O5/c1-29(2)23-17-25(37-18-20-9-7-6-8-10-20)32(5)22(30(23,3)14-12-24(29)34)11-15-31(4)26(21-13-16-36-19-21)27(35)28-33(31,32)38-28/h6-10,12-14,16,19,22-23,25-26,28H,11,15,17-18H2,1-5H3/t22-,23+,25-,26-,28-,30-,31+,32+,33-/m1/s1. The maximum Gasteiger partial charge on any atom is 0.172 e. The minimum Gasteiger partial charge on any atom is -0.472 e. The zero-order valence-corrected chi connectivity index (χ0v) is 23.0. The molecule has 2 aromatic rings. The number of allylic oxidation sites excluding steroid dienone is 2. The summed E-state index contributed by atoms with van der Waals surface area (Å²) in [4.78, 5) is 27.1. The van der Waals surface area contributed by atoms with Gasteiger partial charge in [-0.1, -0.05) is 71.0 Å². The van der Waals surface area contributed by atoms with E-state index in [1.54, 1.807) is 12.5 Å². The van der Waals surface area contributed by atoms with Crippen LogP contribution in [0.3, 0.4) is 0 Å². The molecule has 7 rings (SSSR count). The first kappa shape index (κ1) is 24.5. The lowest BCUT2D eigenvalue weighted by molar-refractivity contribution is -0.237. The van der Waals surface area contributed by atoms with Crippen LogP contribution < -0.4 is 0 Å². The Kier molecular flexibility index (Phi) is 4.89. The van der Waals surface area contributed by atoms with Gasteiger partial charge >= 0.3 is 0 Å². The molecule has 5 heteroatoms. The zero-order chi connectivity index (χ0) is 26.7. The number of benzene rings is 1. The highest BCUT2D eigenvalue weighted by Gasteiger charge is 2.89. The number of furan rings is 1. The van der Waals surface area contributed by atoms with Crippen molar-refractivity contribution in [2.75, 3.05) is 0 Å². The van der Waals surface area contributed by atoms with E-state index in [0.717, 1.165) is 30.4 Å². The average molecular weight is 515 g/mol. The van der Waals surface area contributed by atoms with E-state index in [2.05, 4.69) is 52.8 Å². The zero-order valence-electron chi connectivity index (χ0n) is 23.0. The van der Waals surface area contributed by atoms with E-state index >= 15 is 0 Å². The third-order valence-corrected chi connectivity index (χ3v) is 12.0. The van der Waals surface area contributed by atoms with Gasteiger partial charge < -0.3 is 13.9 Å². The van der Waals surface area contributed by atoms with Crippen molar-refractivity contribution in [1.82, 2.24) is 0 Å². The molecule has 4 fully saturated rings. The summed E-state index contributed by atoms with van der Waals surface area (Å²) in [5, 5.41) is 0. The molecular formula is C33H38O5. The minimum absolute atomic E-state index is 0.145. The van der Waals surface area contributed by atoms with Crippen molar-refractivity contribution in [2.45, 2.75) is 84.2 Å². The molecule has 0 amide bonds. The molecule has 1 spiro atoms. The monoisotopic (exact) mass is 514 g/mol. The quantitative estimate of drug-likeness (QED) is 0.449. The summed E-state index contributed by atoms with van der Waals surface area (Å²) in [6, 6.07) is 12.2. The molecule has 5 aliphatic rings. The van der Waals surface area contributed by atoms with Gasteiger partial charge in [0.1, 0.15) is 11.7 Å². The molecular weight excluding hydrogens is 476 g/mol. The summed E-state index contributed by atoms with van der Waals surface area (Å²) in [6.45, 7) is 11.7. The summed E-state index contributed by atoms with van der Waals surface area (Å²) in [5.41, 5.74) is 0.0548. The van der Waals surface area contributed by atoms with Crippen LogP contribution in [-0.4, -0.2) is 29.4 Å². The Morgan fingerprint density at radius 3 is 2.47 bits per heavy atom. The number of epoxide rings is 1. The Labute approximate surface area is 225 Å². The van der Waals surface area contributed by atoms with E-state index in [1.165, 1.54) is 0 Å². The molecule has 38 heavy (non-hydrogen) atoms. The molecule has 4 aliphatic carbocycles. The SMILES string of the molecule is CC1(C)C(=O)C=C[C@]2(C)[C@H]3CC[C@@]4(C)[C@H](c5ccoc5)C(=O)[C@H]5O[C@]54[C@]3(C)[C@H](OCc3ccccc3)C[C@@H]12. The van der Waals surface area contributed by atoms with Gasteiger partial charge in [0.05, 0.1) is 31.2 Å². The number of ether oxygens (including phenoxy) is 2. The van der Waals surface area contributed by atoms with Gasteiger partial charge in [0, 0.05) is 21.8 Å². The third-order valence-electron chi connectivity index (χ3n) is 12.0. The first-order chi connectivity index (χ1) is 18.0. The van der Waals surface area contributed by atoms with E-state index in [4.69, 9.17) is 13.9 Å². The van der Waals surface area contributed by atoms with Gasteiger partial charge in [0.2, 0.25) is 0 Å². The maximum atomic E-state index is 14.0. The van der Waals surface area contributed by atoms with Crippen LogP contribution in [0, 0.1) is 33.5 Å². The van der Waals surface area contributed by atoms with E-state index in [-0.39, 0.29) is 46.3 Å². The number of carbonyl (C=O) groups excluding carboxylic acids is 2. The van der Waals surface area contributed by atoms with Gasteiger partial charge in [-0.3, -0.25) is 9.59 Å². The largest absolute Gasteiger partial charge is 0.472 e. The van der Waals surface area contributed by atoms with Gasteiger partial charge in [0.15, 0.2) is 11.6 Å². The Morgan fingerprint density at radius 1 is 1.00 bits per heavy atom. The Balaban J connectivity index is 1.37. The predicted octanol–water partition coefficient (Wildman–Crippen LogP) is 6.28. The molecule has 1 aromatic heterocycles. The van der Waals surface area contributed by atoms with Crippen molar-refractivity contribution >= 4 is 11.6 Å². The highest BCUT2D eigenvalue weighted by molar-refractivity contribution is 5.98. The van der Waals surface area contributed by atoms with Crippen molar-refractivity contribution in [3.63, 3.8) is 0 Å². The summed E-state index contributed by atoms with van der Waals surface area (Å²) >= 11 is 0. The number of rotatable bonds is 4. The fourth-order valence-corrected chi connectivity index (χ4v) is 10.2. The molecule has 2 heterocycles. The number of Topliss-reactive ketones (excluding diaryl/α,β-unsaturated/α-hetero) is 1. The van der Waals surface area contributed by atoms with E-state index in [9.17, 15) is 9.59 Å². The molecule has 9 atom stereocenters. The van der Waals surface area contributed by atoms with Gasteiger partial charge in [-0.05, 0) is 54.2 Å². The van der Waals surface area contributed by atoms with Crippen LogP contribution in [0.25, 0.3) is 0 Å². The van der Waals surface area contributed by atoms with E-state index < -0.39 is 22.5 Å². The number of ketones is 2. The summed E-state index contributed by atoms with van der Waals surface area (Å²) in [6.07, 6.45) is 9.46. The van der Waals surface area contributed by atoms with Crippen LogP contribution in [0.4, 0.5) is 0 Å². The van der Waals surface area contributed by atoms with Crippen molar-refractivity contribution in [3.8, 4) is 0 Å². The molecule has 5 nitrogen and oxygen atoms in total. The molecule has 0 N–H and O–H groups in total. The third kappa shape index (κ3) is 2.70. The van der Waals surface area contributed by atoms with Gasteiger partial charge in [-0.25, -0.2) is 0 Å². The Hall–Kier alpha value is -2.50. The molecule has 1 aliphatic heterocycles. The second kappa shape index (κ2) is 7.57. The van der Waals surface area contributed by atoms with Crippen LogP contribution in [0.15, 0.2) is 65.5 Å². The summed E-state index contributed by atoms with van der Waals surface area (Å²) < 4.78 is 19.1. The number of hydrogen-bond donors (Lipinski definition) is 0. The van der Waals surface area contributed by atoms with E-state index in [1.807, 2.05) is 30.3 Å². The number of carbonyl (C=O) groups is 2. The summed E-state index contributed by atoms with van der Waals surface area (Å²) in [7, 11) is 0. The Bertz CT molecular complexity index is 1330. The van der Waals surface area contributed by atoms with Crippen LogP contribution in [0.1, 0.15) is 70.9 Å². The highest BCUT2D eigenvalue weighted by Crippen LogP contribution is 2.81. The smallest absolute Gasteiger partial charge is 0.172 e. The normalized spacial score (nSPS) is 46.2. The number of fused-ring (bicyclic) bond motifs is 3. The van der Waals surface area contributed by atoms with Gasteiger partial charge in [-0.2, -0.15) is 0 Å². The molecule has 0 bridgehead atoms. The maximum absolute atomic E-state index is 14.0. The van der Waals surface area contributed by atoms with Gasteiger partial charge in [-0.15, -0.1) is 0 Å². The van der Waals surface area contributed by atoms with Crippen LogP contribution in [-0.2, 0) is 25.7 Å². The second-order valence-corrected chi connectivity index (χ2v) is 13.8. The molecule has 1 saturated heterocycles. The van der Waals surface area contributed by atoms with Crippen LogP contribution >= 0.6 is 0 Å². The van der Waals surface area contributed by atoms with Crippen LogP contribution in [0.2, 0.25) is 0 Å². The minimum atomic E-state index is -0.600.